The van der Waals surface area contributed by atoms with Crippen LogP contribution in [0.1, 0.15) is 21.6 Å². The first-order valence-corrected chi connectivity index (χ1v) is 6.88. The minimum atomic E-state index is -0.290. The van der Waals surface area contributed by atoms with E-state index in [9.17, 15) is 4.79 Å². The van der Waals surface area contributed by atoms with Crippen molar-refractivity contribution in [1.29, 1.82) is 0 Å². The normalized spacial score (nSPS) is 10.2. The van der Waals surface area contributed by atoms with Gasteiger partial charge in [0.1, 0.15) is 11.5 Å². The van der Waals surface area contributed by atoms with Gasteiger partial charge in [-0.15, -0.1) is 0 Å². The molecule has 104 valence electrons. The Kier molecular flexibility index (Phi) is 4.34. The van der Waals surface area contributed by atoms with Gasteiger partial charge in [-0.05, 0) is 47.0 Å². The number of anilines is 2. The van der Waals surface area contributed by atoms with Crippen LogP contribution in [0, 0.1) is 13.8 Å². The molecule has 0 spiro atoms. The molecule has 2 N–H and O–H groups in total. The van der Waals surface area contributed by atoms with E-state index in [2.05, 4.69) is 36.5 Å². The topological polar surface area (TPSA) is 66.9 Å². The second kappa shape index (κ2) is 6.00. The van der Waals surface area contributed by atoms with Crippen LogP contribution in [0.5, 0.6) is 0 Å². The maximum absolute atomic E-state index is 12.2. The molecular weight excluding hydrogens is 320 g/mol. The van der Waals surface area contributed by atoms with E-state index in [-0.39, 0.29) is 11.6 Å². The van der Waals surface area contributed by atoms with Crippen LogP contribution in [0.3, 0.4) is 0 Å². The van der Waals surface area contributed by atoms with Gasteiger partial charge in [-0.3, -0.25) is 9.78 Å². The lowest BCUT2D eigenvalue weighted by Crippen LogP contribution is -2.16. The zero-order valence-corrected chi connectivity index (χ0v) is 13.1. The number of carbonyl (C=O) groups is 1. The third-order valence-electron chi connectivity index (χ3n) is 2.79. The zero-order valence-electron chi connectivity index (χ0n) is 11.5. The highest BCUT2D eigenvalue weighted by atomic mass is 79.9. The lowest BCUT2D eigenvalue weighted by molar-refractivity contribution is 0.102. The van der Waals surface area contributed by atoms with Crippen LogP contribution in [-0.2, 0) is 0 Å². The van der Waals surface area contributed by atoms with Gasteiger partial charge in [0.05, 0.1) is 18.1 Å². The summed E-state index contributed by atoms with van der Waals surface area (Å²) in [5, 5.41) is 5.71. The smallest absolute Gasteiger partial charge is 0.275 e. The summed E-state index contributed by atoms with van der Waals surface area (Å²) in [7, 11) is 1.73. The number of benzene rings is 1. The number of aromatic nitrogens is 2. The highest BCUT2D eigenvalue weighted by Crippen LogP contribution is 2.28. The molecule has 0 fully saturated rings. The molecule has 2 aromatic rings. The second-order valence-electron chi connectivity index (χ2n) is 4.43. The first-order chi connectivity index (χ1) is 9.51. The van der Waals surface area contributed by atoms with Gasteiger partial charge in [0.25, 0.3) is 5.91 Å². The number of hydrogen-bond acceptors (Lipinski definition) is 4. The molecule has 1 amide bonds. The summed E-state index contributed by atoms with van der Waals surface area (Å²) >= 11 is 3.46. The predicted octanol–water partition coefficient (Wildman–Crippen LogP) is 3.15. The van der Waals surface area contributed by atoms with Gasteiger partial charge >= 0.3 is 0 Å². The minimum absolute atomic E-state index is 0.267. The third kappa shape index (κ3) is 3.14. The van der Waals surface area contributed by atoms with E-state index in [1.807, 2.05) is 26.0 Å². The van der Waals surface area contributed by atoms with Crippen molar-refractivity contribution in [2.45, 2.75) is 13.8 Å². The molecule has 0 bridgehead atoms. The van der Waals surface area contributed by atoms with E-state index in [0.717, 1.165) is 21.3 Å². The molecule has 5 nitrogen and oxygen atoms in total. The summed E-state index contributed by atoms with van der Waals surface area (Å²) in [6, 6.07) is 3.97. The van der Waals surface area contributed by atoms with Crippen molar-refractivity contribution < 1.29 is 4.79 Å². The number of rotatable bonds is 3. The molecule has 20 heavy (non-hydrogen) atoms. The number of halogens is 1. The summed E-state index contributed by atoms with van der Waals surface area (Å²) in [5.41, 5.74) is 3.13. The lowest BCUT2D eigenvalue weighted by Gasteiger charge is -2.11. The average molecular weight is 335 g/mol. The number of aryl methyl sites for hydroxylation is 2. The number of carbonyl (C=O) groups excluding carboxylic acids is 1. The Morgan fingerprint density at radius 1 is 1.25 bits per heavy atom. The van der Waals surface area contributed by atoms with E-state index < -0.39 is 0 Å². The Balaban J connectivity index is 2.28. The average Bonchev–Trinajstić information content (AvgIpc) is 2.42. The molecule has 0 radical (unpaired) electrons. The van der Waals surface area contributed by atoms with Crippen LogP contribution in [0.4, 0.5) is 11.5 Å². The Morgan fingerprint density at radius 2 is 2.00 bits per heavy atom. The summed E-state index contributed by atoms with van der Waals surface area (Å²) in [4.78, 5) is 20.4. The monoisotopic (exact) mass is 334 g/mol. The molecule has 0 aliphatic carbocycles. The maximum Gasteiger partial charge on any atom is 0.275 e. The third-order valence-corrected chi connectivity index (χ3v) is 3.42. The fraction of sp³-hybridized carbons (Fsp3) is 0.214. The maximum atomic E-state index is 12.2. The standard InChI is InChI=1S/C14H15BrN4O/c1-8-4-9(2)13(10(15)5-8)19-14(20)11-6-17-7-12(16-3)18-11/h4-7H,1-3H3,(H,16,18)(H,19,20). The first-order valence-electron chi connectivity index (χ1n) is 6.09. The molecule has 1 aromatic heterocycles. The Morgan fingerprint density at radius 3 is 2.65 bits per heavy atom. The number of amides is 1. The predicted molar refractivity (Wildman–Crippen MR) is 83.1 cm³/mol. The SMILES string of the molecule is CNc1cncc(C(=O)Nc2c(C)cc(C)cc2Br)n1. The van der Waals surface area contributed by atoms with E-state index in [1.54, 1.807) is 13.2 Å². The van der Waals surface area contributed by atoms with Gasteiger partial charge in [-0.2, -0.15) is 0 Å². The molecule has 0 aliphatic rings. The molecule has 0 saturated heterocycles. The molecule has 1 aromatic carbocycles. The summed E-state index contributed by atoms with van der Waals surface area (Å²) < 4.78 is 0.848. The Hall–Kier alpha value is -1.95. The van der Waals surface area contributed by atoms with Crippen molar-refractivity contribution in [2.75, 3.05) is 17.7 Å². The fourth-order valence-corrected chi connectivity index (χ4v) is 2.62. The Labute approximate surface area is 126 Å². The van der Waals surface area contributed by atoms with Crippen LogP contribution in [0.15, 0.2) is 29.0 Å². The summed E-state index contributed by atoms with van der Waals surface area (Å²) in [6.07, 6.45) is 3.00. The van der Waals surface area contributed by atoms with Crippen LogP contribution in [0.2, 0.25) is 0 Å². The van der Waals surface area contributed by atoms with E-state index >= 15 is 0 Å². The van der Waals surface area contributed by atoms with Gasteiger partial charge < -0.3 is 10.6 Å². The van der Waals surface area contributed by atoms with Crippen LogP contribution < -0.4 is 10.6 Å². The number of nitrogens with one attached hydrogen (secondary N) is 2. The van der Waals surface area contributed by atoms with Crippen molar-refractivity contribution in [1.82, 2.24) is 9.97 Å². The highest BCUT2D eigenvalue weighted by molar-refractivity contribution is 9.10. The molecule has 6 heteroatoms. The molecule has 0 atom stereocenters. The first kappa shape index (κ1) is 14.5. The lowest BCUT2D eigenvalue weighted by atomic mass is 10.1. The fourth-order valence-electron chi connectivity index (χ4n) is 1.85. The number of nitrogens with zero attached hydrogens (tertiary/aromatic N) is 2. The van der Waals surface area contributed by atoms with Gasteiger partial charge in [0.15, 0.2) is 0 Å². The molecular formula is C14H15BrN4O. The van der Waals surface area contributed by atoms with Gasteiger partial charge in [0, 0.05) is 11.5 Å². The van der Waals surface area contributed by atoms with E-state index in [1.165, 1.54) is 6.20 Å². The summed E-state index contributed by atoms with van der Waals surface area (Å²) in [6.45, 7) is 3.95. The van der Waals surface area contributed by atoms with Gasteiger partial charge in [-0.25, -0.2) is 4.98 Å². The van der Waals surface area contributed by atoms with Crippen molar-refractivity contribution in [2.24, 2.45) is 0 Å². The zero-order chi connectivity index (χ0) is 14.7. The van der Waals surface area contributed by atoms with Crippen molar-refractivity contribution in [3.63, 3.8) is 0 Å². The Bertz CT molecular complexity index is 634. The molecule has 0 aliphatic heterocycles. The van der Waals surface area contributed by atoms with E-state index in [4.69, 9.17) is 0 Å². The highest BCUT2D eigenvalue weighted by Gasteiger charge is 2.13. The summed E-state index contributed by atoms with van der Waals surface area (Å²) in [5.74, 6) is 0.264. The number of hydrogen-bond donors (Lipinski definition) is 2. The molecule has 0 saturated carbocycles. The quantitative estimate of drug-likeness (QED) is 0.904. The van der Waals surface area contributed by atoms with Crippen LogP contribution in [0.25, 0.3) is 0 Å². The van der Waals surface area contributed by atoms with Gasteiger partial charge in [0.2, 0.25) is 0 Å². The molecule has 0 unspecified atom stereocenters. The largest absolute Gasteiger partial charge is 0.372 e. The second-order valence-corrected chi connectivity index (χ2v) is 5.29. The molecule has 1 heterocycles. The van der Waals surface area contributed by atoms with Crippen molar-refractivity contribution in [3.05, 3.63) is 45.8 Å². The minimum Gasteiger partial charge on any atom is -0.372 e. The van der Waals surface area contributed by atoms with Crippen LogP contribution >= 0.6 is 15.9 Å². The molecule has 2 rings (SSSR count). The van der Waals surface area contributed by atoms with Crippen molar-refractivity contribution in [3.8, 4) is 0 Å². The van der Waals surface area contributed by atoms with E-state index in [0.29, 0.717) is 5.82 Å². The van der Waals surface area contributed by atoms with Crippen LogP contribution in [-0.4, -0.2) is 22.9 Å². The van der Waals surface area contributed by atoms with Gasteiger partial charge in [-0.1, -0.05) is 6.07 Å². The van der Waals surface area contributed by atoms with Crippen molar-refractivity contribution >= 4 is 33.3 Å².